The van der Waals surface area contributed by atoms with Gasteiger partial charge in [0, 0.05) is 0 Å². The molecular formula is C30H42O2. The minimum atomic E-state index is -0.273. The Hall–Kier alpha value is -2.09. The van der Waals surface area contributed by atoms with E-state index in [2.05, 4.69) is 38.1 Å². The Labute approximate surface area is 195 Å². The molecule has 0 unspecified atom stereocenters. The summed E-state index contributed by atoms with van der Waals surface area (Å²) in [7, 11) is 0. The second-order valence-corrected chi connectivity index (χ2v) is 9.72. The second-order valence-electron chi connectivity index (χ2n) is 9.72. The largest absolute Gasteiger partial charge is 0.423 e. The number of carbonyl (C=O) groups is 1. The molecule has 0 aromatic heterocycles. The molecule has 0 radical (unpaired) electrons. The predicted molar refractivity (Wildman–Crippen MR) is 135 cm³/mol. The molecule has 0 amide bonds. The lowest BCUT2D eigenvalue weighted by atomic mass is 9.66. The highest BCUT2D eigenvalue weighted by Crippen LogP contribution is 2.43. The van der Waals surface area contributed by atoms with E-state index in [0.717, 1.165) is 6.42 Å². The maximum atomic E-state index is 12.6. The third-order valence-corrected chi connectivity index (χ3v) is 7.26. The number of esters is 1. The highest BCUT2D eigenvalue weighted by molar-refractivity contribution is 5.91. The van der Waals surface area contributed by atoms with E-state index in [-0.39, 0.29) is 5.97 Å². The van der Waals surface area contributed by atoms with Crippen LogP contribution in [-0.2, 0) is 11.8 Å². The van der Waals surface area contributed by atoms with Gasteiger partial charge >= 0.3 is 5.97 Å². The summed E-state index contributed by atoms with van der Waals surface area (Å²) >= 11 is 0. The number of hydrogen-bond donors (Lipinski definition) is 0. The lowest BCUT2D eigenvalue weighted by Crippen LogP contribution is -2.29. The number of ether oxygens (including phenoxy) is 1. The summed E-state index contributed by atoms with van der Waals surface area (Å²) in [5, 5.41) is 0. The van der Waals surface area contributed by atoms with Crippen molar-refractivity contribution in [2.45, 2.75) is 109 Å². The molecule has 174 valence electrons. The molecule has 0 aliphatic heterocycles. The van der Waals surface area contributed by atoms with Crippen molar-refractivity contribution < 1.29 is 9.53 Å². The third-order valence-electron chi connectivity index (χ3n) is 7.26. The SMILES string of the molecule is CCCCCCc1ccc(C(=O)Oc2ccc(C3(CCCCC)CCCCC3)cc2)cc1. The monoisotopic (exact) mass is 434 g/mol. The van der Waals surface area contributed by atoms with Gasteiger partial charge in [-0.2, -0.15) is 0 Å². The molecule has 0 spiro atoms. The van der Waals surface area contributed by atoms with Crippen LogP contribution in [-0.4, -0.2) is 5.97 Å². The fourth-order valence-corrected chi connectivity index (χ4v) is 5.23. The van der Waals surface area contributed by atoms with Crippen LogP contribution >= 0.6 is 0 Å². The highest BCUT2D eigenvalue weighted by Gasteiger charge is 2.33. The van der Waals surface area contributed by atoms with Gasteiger partial charge in [0.15, 0.2) is 0 Å². The van der Waals surface area contributed by atoms with E-state index in [9.17, 15) is 4.79 Å². The first-order valence-corrected chi connectivity index (χ1v) is 13.1. The zero-order valence-corrected chi connectivity index (χ0v) is 20.3. The molecule has 2 nitrogen and oxygen atoms in total. The van der Waals surface area contributed by atoms with Gasteiger partial charge in [-0.3, -0.25) is 0 Å². The number of rotatable bonds is 12. The Morgan fingerprint density at radius 2 is 1.44 bits per heavy atom. The molecule has 32 heavy (non-hydrogen) atoms. The molecule has 1 aliphatic carbocycles. The van der Waals surface area contributed by atoms with Crippen molar-refractivity contribution in [3.63, 3.8) is 0 Å². The summed E-state index contributed by atoms with van der Waals surface area (Å²) < 4.78 is 5.69. The van der Waals surface area contributed by atoms with E-state index in [4.69, 9.17) is 4.74 Å². The van der Waals surface area contributed by atoms with Crippen molar-refractivity contribution in [3.05, 3.63) is 65.2 Å². The summed E-state index contributed by atoms with van der Waals surface area (Å²) in [6.07, 6.45) is 17.9. The van der Waals surface area contributed by atoms with Gasteiger partial charge in [0.1, 0.15) is 5.75 Å². The minimum Gasteiger partial charge on any atom is -0.423 e. The molecule has 2 aromatic carbocycles. The molecule has 0 bridgehead atoms. The van der Waals surface area contributed by atoms with Gasteiger partial charge in [0.25, 0.3) is 0 Å². The van der Waals surface area contributed by atoms with Crippen molar-refractivity contribution in [3.8, 4) is 5.75 Å². The van der Waals surface area contributed by atoms with Crippen LogP contribution in [0.4, 0.5) is 0 Å². The van der Waals surface area contributed by atoms with E-state index in [1.54, 1.807) is 0 Å². The van der Waals surface area contributed by atoms with E-state index in [0.29, 0.717) is 16.7 Å². The van der Waals surface area contributed by atoms with Gasteiger partial charge in [0.2, 0.25) is 0 Å². The molecule has 1 saturated carbocycles. The quantitative estimate of drug-likeness (QED) is 0.189. The van der Waals surface area contributed by atoms with E-state index in [1.807, 2.05) is 24.3 Å². The van der Waals surface area contributed by atoms with Gasteiger partial charge < -0.3 is 4.74 Å². The van der Waals surface area contributed by atoms with E-state index < -0.39 is 0 Å². The smallest absolute Gasteiger partial charge is 0.343 e. The van der Waals surface area contributed by atoms with Crippen LogP contribution in [0.2, 0.25) is 0 Å². The molecule has 2 aromatic rings. The van der Waals surface area contributed by atoms with Crippen LogP contribution < -0.4 is 4.74 Å². The summed E-state index contributed by atoms with van der Waals surface area (Å²) in [5.74, 6) is 0.368. The van der Waals surface area contributed by atoms with Crippen molar-refractivity contribution in [1.29, 1.82) is 0 Å². The number of hydrogen-bond acceptors (Lipinski definition) is 2. The van der Waals surface area contributed by atoms with E-state index >= 15 is 0 Å². The lowest BCUT2D eigenvalue weighted by Gasteiger charge is -2.38. The Morgan fingerprint density at radius 1 is 0.781 bits per heavy atom. The Balaban J connectivity index is 1.59. The van der Waals surface area contributed by atoms with Crippen LogP contribution in [0.3, 0.4) is 0 Å². The zero-order valence-electron chi connectivity index (χ0n) is 20.3. The second kappa shape index (κ2) is 12.8. The molecule has 0 atom stereocenters. The fourth-order valence-electron chi connectivity index (χ4n) is 5.23. The van der Waals surface area contributed by atoms with Crippen LogP contribution in [0.15, 0.2) is 48.5 Å². The van der Waals surface area contributed by atoms with Gasteiger partial charge in [-0.25, -0.2) is 4.79 Å². The number of benzene rings is 2. The molecule has 3 rings (SSSR count). The van der Waals surface area contributed by atoms with Crippen LogP contribution in [0.5, 0.6) is 5.75 Å². The summed E-state index contributed by atoms with van der Waals surface area (Å²) in [4.78, 5) is 12.6. The fraction of sp³-hybridized carbons (Fsp3) is 0.567. The van der Waals surface area contributed by atoms with Crippen LogP contribution in [0.25, 0.3) is 0 Å². The standard InChI is InChI=1S/C30H42O2/c1-3-5-7-9-13-25-14-16-26(17-15-25)29(31)32-28-20-18-27(19-21-28)30(22-10-6-4-2)23-11-8-12-24-30/h14-21H,3-13,22-24H2,1-2H3. The summed E-state index contributed by atoms with van der Waals surface area (Å²) in [5.41, 5.74) is 3.67. The molecule has 0 N–H and O–H groups in total. The highest BCUT2D eigenvalue weighted by atomic mass is 16.5. The van der Waals surface area contributed by atoms with Crippen molar-refractivity contribution in [2.24, 2.45) is 0 Å². The first kappa shape index (κ1) is 24.6. The van der Waals surface area contributed by atoms with Crippen molar-refractivity contribution >= 4 is 5.97 Å². The average Bonchev–Trinajstić information content (AvgIpc) is 2.83. The summed E-state index contributed by atoms with van der Waals surface area (Å²) in [6, 6.07) is 16.3. The van der Waals surface area contributed by atoms with Crippen molar-refractivity contribution in [1.82, 2.24) is 0 Å². The lowest BCUT2D eigenvalue weighted by molar-refractivity contribution is 0.0734. The molecular weight excluding hydrogens is 392 g/mol. The van der Waals surface area contributed by atoms with Crippen molar-refractivity contribution in [2.75, 3.05) is 0 Å². The number of aryl methyl sites for hydroxylation is 1. The minimum absolute atomic E-state index is 0.273. The Kier molecular flexibility index (Phi) is 9.84. The molecule has 1 fully saturated rings. The van der Waals surface area contributed by atoms with Crippen LogP contribution in [0.1, 0.15) is 119 Å². The number of unbranched alkanes of at least 4 members (excludes halogenated alkanes) is 5. The topological polar surface area (TPSA) is 26.3 Å². The van der Waals surface area contributed by atoms with Gasteiger partial charge in [0.05, 0.1) is 5.56 Å². The first-order chi connectivity index (χ1) is 15.7. The molecule has 1 aliphatic rings. The van der Waals surface area contributed by atoms with Crippen LogP contribution in [0, 0.1) is 0 Å². The zero-order chi connectivity index (χ0) is 22.7. The van der Waals surface area contributed by atoms with E-state index in [1.165, 1.54) is 94.6 Å². The maximum absolute atomic E-state index is 12.6. The van der Waals surface area contributed by atoms with Gasteiger partial charge in [-0.05, 0) is 72.9 Å². The summed E-state index contributed by atoms with van der Waals surface area (Å²) in [6.45, 7) is 4.51. The molecule has 2 heteroatoms. The average molecular weight is 435 g/mol. The predicted octanol–water partition coefficient (Wildman–Crippen LogP) is 8.81. The first-order valence-electron chi connectivity index (χ1n) is 13.1. The Bertz CT molecular complexity index is 798. The number of carbonyl (C=O) groups excluding carboxylic acids is 1. The van der Waals surface area contributed by atoms with Gasteiger partial charge in [-0.15, -0.1) is 0 Å². The molecule has 0 heterocycles. The normalized spacial score (nSPS) is 15.4. The van der Waals surface area contributed by atoms with Gasteiger partial charge in [-0.1, -0.05) is 95.9 Å². The molecule has 0 saturated heterocycles. The maximum Gasteiger partial charge on any atom is 0.343 e. The Morgan fingerprint density at radius 3 is 2.09 bits per heavy atom. The third kappa shape index (κ3) is 6.95.